The van der Waals surface area contributed by atoms with Gasteiger partial charge in [-0.25, -0.2) is 12.8 Å². The van der Waals surface area contributed by atoms with Crippen LogP contribution in [0.4, 0.5) is 4.39 Å². The van der Waals surface area contributed by atoms with Gasteiger partial charge in [0, 0.05) is 17.3 Å². The third kappa shape index (κ3) is 8.41. The van der Waals surface area contributed by atoms with Gasteiger partial charge in [-0.1, -0.05) is 0 Å². The molecule has 1 aliphatic heterocycles. The van der Waals surface area contributed by atoms with E-state index in [0.29, 0.717) is 17.1 Å². The summed E-state index contributed by atoms with van der Waals surface area (Å²) < 4.78 is 52.5. The third-order valence-corrected chi connectivity index (χ3v) is 5.44. The topological polar surface area (TPSA) is 120 Å². The lowest BCUT2D eigenvalue weighted by Gasteiger charge is -2.39. The summed E-state index contributed by atoms with van der Waals surface area (Å²) in [5.74, 6) is 0.963. The molecule has 0 bridgehead atoms. The minimum Gasteiger partial charge on any atom is -0.726 e. The van der Waals surface area contributed by atoms with Crippen molar-refractivity contribution in [3.8, 4) is 22.8 Å². The molecule has 1 aliphatic rings. The van der Waals surface area contributed by atoms with Gasteiger partial charge < -0.3 is 18.7 Å². The van der Waals surface area contributed by atoms with Gasteiger partial charge in [0.05, 0.1) is 46.0 Å². The molecule has 186 valence electrons. The molecule has 1 fully saturated rings. The quantitative estimate of drug-likeness (QED) is 0.330. The minimum atomic E-state index is -4.92. The molecule has 0 unspecified atom stereocenters. The van der Waals surface area contributed by atoms with E-state index in [9.17, 15) is 9.18 Å². The number of pyridine rings is 1. The number of aromatic nitrogens is 1. The van der Waals surface area contributed by atoms with Crippen LogP contribution >= 0.6 is 0 Å². The van der Waals surface area contributed by atoms with Crippen LogP contribution in [0.2, 0.25) is 0 Å². The summed E-state index contributed by atoms with van der Waals surface area (Å²) >= 11 is 0. The summed E-state index contributed by atoms with van der Waals surface area (Å²) in [6.45, 7) is 3.44. The summed E-state index contributed by atoms with van der Waals surface area (Å²) in [7, 11) is -0.536. The maximum absolute atomic E-state index is 13.0. The first-order valence-corrected chi connectivity index (χ1v) is 12.1. The number of hydrogen-bond donors (Lipinski definition) is 1. The van der Waals surface area contributed by atoms with Crippen LogP contribution in [0, 0.1) is 5.82 Å². The normalized spacial score (nSPS) is 15.1. The highest BCUT2D eigenvalue weighted by molar-refractivity contribution is 7.79. The fourth-order valence-corrected chi connectivity index (χ4v) is 3.45. The van der Waals surface area contributed by atoms with Gasteiger partial charge in [0.1, 0.15) is 17.3 Å². The Morgan fingerprint density at radius 1 is 1.03 bits per heavy atom. The van der Waals surface area contributed by atoms with Gasteiger partial charge in [-0.15, -0.1) is 0 Å². The second-order valence-corrected chi connectivity index (χ2v) is 9.47. The number of piperazine rings is 1. The number of carbonyl (C=O) groups excluding carboxylic acids is 1. The predicted molar refractivity (Wildman–Crippen MR) is 126 cm³/mol. The van der Waals surface area contributed by atoms with Crippen LogP contribution in [0.1, 0.15) is 10.4 Å². The lowest BCUT2D eigenvalue weighted by Crippen LogP contribution is -2.56. The second-order valence-electron chi connectivity index (χ2n) is 8.61. The van der Waals surface area contributed by atoms with E-state index in [1.807, 2.05) is 35.2 Å². The molecular formula is C24H26FN3O6S. The summed E-state index contributed by atoms with van der Waals surface area (Å²) in [4.78, 5) is 19.3. The number of benzene rings is 2. The Kier molecular flexibility index (Phi) is 8.18. The van der Waals surface area contributed by atoms with Crippen molar-refractivity contribution in [3.63, 3.8) is 0 Å². The van der Waals surface area contributed by atoms with Crippen molar-refractivity contribution in [1.29, 1.82) is 0 Å². The Morgan fingerprint density at radius 3 is 2.09 bits per heavy atom. The molecule has 11 heteroatoms. The van der Waals surface area contributed by atoms with Crippen molar-refractivity contribution >= 4 is 16.3 Å². The van der Waals surface area contributed by atoms with Crippen LogP contribution in [0.5, 0.6) is 11.5 Å². The van der Waals surface area contributed by atoms with Gasteiger partial charge in [0.25, 0.3) is 5.91 Å². The standard InChI is InChI=1S/C24H25FN3O2.H2O4S/c1-28(2)15-13-27(14-16-28)24(29)19-11-12-26-23(17-19)18-3-7-21(8-4-18)30-22-9-5-20(25)6-10-22;1-5(2,3)4/h3-12,17H,13-16H2,1-2H3;(H2,1,2,3,4)/q+1;/p-1. The first kappa shape index (κ1) is 26.2. The second kappa shape index (κ2) is 10.9. The molecule has 9 nitrogen and oxygen atoms in total. The summed E-state index contributed by atoms with van der Waals surface area (Å²) in [6, 6.07) is 17.0. The average molecular weight is 504 g/mol. The highest BCUT2D eigenvalue weighted by atomic mass is 32.3. The van der Waals surface area contributed by atoms with Crippen LogP contribution in [0.25, 0.3) is 11.3 Å². The number of likely N-dealkylation sites (N-methyl/N-ethyl adjacent to an activating group) is 1. The van der Waals surface area contributed by atoms with Gasteiger partial charge in [-0.3, -0.25) is 14.3 Å². The molecule has 0 radical (unpaired) electrons. The van der Waals surface area contributed by atoms with Crippen molar-refractivity contribution in [1.82, 2.24) is 9.88 Å². The van der Waals surface area contributed by atoms with Crippen molar-refractivity contribution in [2.45, 2.75) is 0 Å². The lowest BCUT2D eigenvalue weighted by atomic mass is 10.1. The number of quaternary nitrogens is 1. The number of amides is 1. The van der Waals surface area contributed by atoms with E-state index >= 15 is 0 Å². The summed E-state index contributed by atoms with van der Waals surface area (Å²) in [5.41, 5.74) is 2.29. The first-order chi connectivity index (χ1) is 16.4. The van der Waals surface area contributed by atoms with Gasteiger partial charge in [0.2, 0.25) is 10.4 Å². The predicted octanol–water partition coefficient (Wildman–Crippen LogP) is 3.22. The van der Waals surface area contributed by atoms with E-state index in [4.69, 9.17) is 22.3 Å². The van der Waals surface area contributed by atoms with Gasteiger partial charge in [-0.05, 0) is 60.7 Å². The largest absolute Gasteiger partial charge is 0.726 e. The smallest absolute Gasteiger partial charge is 0.254 e. The van der Waals surface area contributed by atoms with Gasteiger partial charge in [-0.2, -0.15) is 0 Å². The van der Waals surface area contributed by atoms with Crippen LogP contribution in [0.15, 0.2) is 66.9 Å². The molecule has 35 heavy (non-hydrogen) atoms. The number of rotatable bonds is 4. The molecule has 2 aromatic carbocycles. The number of halogens is 1. The Balaban J connectivity index is 0.000000623. The van der Waals surface area contributed by atoms with Gasteiger partial charge in [0.15, 0.2) is 0 Å². The molecule has 0 aliphatic carbocycles. The zero-order valence-corrected chi connectivity index (χ0v) is 20.1. The molecule has 0 spiro atoms. The van der Waals surface area contributed by atoms with Crippen LogP contribution in [-0.4, -0.2) is 78.1 Å². The van der Waals surface area contributed by atoms with Crippen molar-refractivity contribution in [2.24, 2.45) is 0 Å². The summed E-state index contributed by atoms with van der Waals surface area (Å²) in [6.07, 6.45) is 1.68. The molecule has 4 rings (SSSR count). The Bertz CT molecular complexity index is 1250. The fraction of sp³-hybridized carbons (Fsp3) is 0.250. The summed E-state index contributed by atoms with van der Waals surface area (Å²) in [5, 5.41) is 0. The van der Waals surface area contributed by atoms with Crippen molar-refractivity contribution in [2.75, 3.05) is 40.3 Å². The molecule has 1 saturated heterocycles. The third-order valence-electron chi connectivity index (χ3n) is 5.44. The van der Waals surface area contributed by atoms with Crippen LogP contribution < -0.4 is 4.74 Å². The minimum absolute atomic E-state index is 0.0506. The fourth-order valence-electron chi connectivity index (χ4n) is 3.45. The maximum atomic E-state index is 13.0. The van der Waals surface area contributed by atoms with E-state index < -0.39 is 10.4 Å². The van der Waals surface area contributed by atoms with E-state index in [-0.39, 0.29) is 11.7 Å². The van der Waals surface area contributed by atoms with E-state index in [1.165, 1.54) is 12.1 Å². The number of nitrogens with zero attached hydrogens (tertiary/aromatic N) is 3. The molecule has 1 aromatic heterocycles. The van der Waals surface area contributed by atoms with Crippen LogP contribution in [0.3, 0.4) is 0 Å². The maximum Gasteiger partial charge on any atom is 0.254 e. The van der Waals surface area contributed by atoms with E-state index in [0.717, 1.165) is 41.9 Å². The molecule has 2 heterocycles. The average Bonchev–Trinajstić information content (AvgIpc) is 2.80. The van der Waals surface area contributed by atoms with Crippen molar-refractivity contribution in [3.05, 3.63) is 78.2 Å². The van der Waals surface area contributed by atoms with Crippen molar-refractivity contribution < 1.29 is 35.9 Å². The Morgan fingerprint density at radius 2 is 1.54 bits per heavy atom. The number of carbonyl (C=O) groups is 1. The number of ether oxygens (including phenoxy) is 1. The van der Waals surface area contributed by atoms with E-state index in [1.54, 1.807) is 24.4 Å². The monoisotopic (exact) mass is 503 g/mol. The number of hydrogen-bond acceptors (Lipinski definition) is 6. The zero-order chi connectivity index (χ0) is 25.6. The molecule has 1 amide bonds. The molecule has 0 saturated carbocycles. The molecule has 3 aromatic rings. The van der Waals surface area contributed by atoms with Crippen LogP contribution in [-0.2, 0) is 10.4 Å². The molecule has 0 atom stereocenters. The van der Waals surface area contributed by atoms with Gasteiger partial charge >= 0.3 is 0 Å². The zero-order valence-electron chi connectivity index (χ0n) is 19.3. The SMILES string of the molecule is C[N+]1(C)CCN(C(=O)c2ccnc(-c3ccc(Oc4ccc(F)cc4)cc3)c2)CC1.O=S(=O)([O-])O. The molecule has 1 N–H and O–H groups in total. The highest BCUT2D eigenvalue weighted by Crippen LogP contribution is 2.26. The Hall–Kier alpha value is -3.38. The first-order valence-electron chi connectivity index (χ1n) is 10.7. The van der Waals surface area contributed by atoms with E-state index in [2.05, 4.69) is 19.1 Å². The lowest BCUT2D eigenvalue weighted by molar-refractivity contribution is -0.894. The molecular weight excluding hydrogens is 477 g/mol. The highest BCUT2D eigenvalue weighted by Gasteiger charge is 2.27. The Labute approximate surface area is 203 Å².